The van der Waals surface area contributed by atoms with Gasteiger partial charge in [0.05, 0.1) is 0 Å². The molecule has 2 heterocycles. The Morgan fingerprint density at radius 1 is 0.967 bits per heavy atom. The lowest BCUT2D eigenvalue weighted by Gasteiger charge is -2.32. The Hall–Kier alpha value is -2.60. The topological polar surface area (TPSA) is 47.6 Å². The lowest BCUT2D eigenvalue weighted by atomic mass is 10.0. The summed E-state index contributed by atoms with van der Waals surface area (Å²) in [6.07, 6.45) is 3.00. The van der Waals surface area contributed by atoms with Gasteiger partial charge in [0.2, 0.25) is 0 Å². The summed E-state index contributed by atoms with van der Waals surface area (Å²) in [5.41, 5.74) is 2.39. The summed E-state index contributed by atoms with van der Waals surface area (Å²) in [5.74, 6) is 0.298. The van der Waals surface area contributed by atoms with Crippen LogP contribution in [0.15, 0.2) is 54.6 Å². The summed E-state index contributed by atoms with van der Waals surface area (Å²) in [7, 11) is 0. The Labute approximate surface area is 178 Å². The van der Waals surface area contributed by atoms with E-state index >= 15 is 0 Å². The Kier molecular flexibility index (Phi) is 6.84. The standard InChI is InChI=1S/C24H31FN4O/c25-21-8-6-19(7-9-21)17-28-13-11-22(12-14-28)27-24(30)26-16-20-10-15-29(18-20)23-4-2-1-3-5-23/h1-9,20,22H,10-18H2,(H2,26,27,30)/t20-/m1/s1. The molecule has 0 spiro atoms. The summed E-state index contributed by atoms with van der Waals surface area (Å²) >= 11 is 0. The van der Waals surface area contributed by atoms with E-state index in [0.717, 1.165) is 64.1 Å². The molecule has 2 aliphatic heterocycles. The first-order chi connectivity index (χ1) is 14.7. The zero-order valence-corrected chi connectivity index (χ0v) is 17.4. The van der Waals surface area contributed by atoms with Gasteiger partial charge in [0.1, 0.15) is 5.82 Å². The highest BCUT2D eigenvalue weighted by molar-refractivity contribution is 5.74. The maximum atomic E-state index is 13.0. The third-order valence-corrected chi connectivity index (χ3v) is 6.20. The van der Waals surface area contributed by atoms with Gasteiger partial charge in [-0.15, -0.1) is 0 Å². The van der Waals surface area contributed by atoms with E-state index in [0.29, 0.717) is 5.92 Å². The molecule has 2 aliphatic rings. The molecule has 6 heteroatoms. The minimum absolute atomic E-state index is 0.0508. The van der Waals surface area contributed by atoms with Gasteiger partial charge in [-0.05, 0) is 55.0 Å². The van der Waals surface area contributed by atoms with Crippen LogP contribution in [-0.2, 0) is 6.54 Å². The Bertz CT molecular complexity index is 806. The number of benzene rings is 2. The summed E-state index contributed by atoms with van der Waals surface area (Å²) in [5, 5.41) is 6.21. The Morgan fingerprint density at radius 3 is 2.43 bits per heavy atom. The highest BCUT2D eigenvalue weighted by atomic mass is 19.1. The molecule has 2 saturated heterocycles. The molecule has 2 N–H and O–H groups in total. The number of halogens is 1. The molecular weight excluding hydrogens is 379 g/mol. The molecule has 0 bridgehead atoms. The van der Waals surface area contributed by atoms with Crippen LogP contribution in [0.25, 0.3) is 0 Å². The van der Waals surface area contributed by atoms with Gasteiger partial charge in [0.15, 0.2) is 0 Å². The summed E-state index contributed by atoms with van der Waals surface area (Å²) in [6, 6.07) is 17.3. The number of urea groups is 1. The second kappa shape index (κ2) is 9.94. The molecular formula is C24H31FN4O. The zero-order valence-electron chi connectivity index (χ0n) is 17.4. The molecule has 0 saturated carbocycles. The SMILES string of the molecule is O=C(NC[C@H]1CCN(c2ccccc2)C1)NC1CCN(Cc2ccc(F)cc2)CC1. The first-order valence-corrected chi connectivity index (χ1v) is 11.0. The van der Waals surface area contributed by atoms with Gasteiger partial charge in [0, 0.05) is 51.0 Å². The summed E-state index contributed by atoms with van der Waals surface area (Å²) in [6.45, 7) is 5.47. The van der Waals surface area contributed by atoms with Gasteiger partial charge in [-0.25, -0.2) is 9.18 Å². The second-order valence-corrected chi connectivity index (χ2v) is 8.47. The molecule has 5 nitrogen and oxygen atoms in total. The maximum absolute atomic E-state index is 13.0. The van der Waals surface area contributed by atoms with Gasteiger partial charge in [-0.2, -0.15) is 0 Å². The largest absolute Gasteiger partial charge is 0.371 e. The molecule has 2 fully saturated rings. The molecule has 0 aromatic heterocycles. The van der Waals surface area contributed by atoms with Gasteiger partial charge in [-0.3, -0.25) is 4.90 Å². The number of para-hydroxylation sites is 1. The molecule has 160 valence electrons. The van der Waals surface area contributed by atoms with Crippen LogP contribution in [-0.4, -0.2) is 49.7 Å². The Morgan fingerprint density at radius 2 is 1.70 bits per heavy atom. The van der Waals surface area contributed by atoms with Crippen molar-refractivity contribution in [3.05, 3.63) is 66.0 Å². The minimum atomic E-state index is -0.196. The molecule has 2 aromatic carbocycles. The maximum Gasteiger partial charge on any atom is 0.315 e. The average Bonchev–Trinajstić information content (AvgIpc) is 3.25. The monoisotopic (exact) mass is 410 g/mol. The number of nitrogens with zero attached hydrogens (tertiary/aromatic N) is 2. The highest BCUT2D eigenvalue weighted by Gasteiger charge is 2.24. The molecule has 2 aromatic rings. The van der Waals surface area contributed by atoms with Gasteiger partial charge >= 0.3 is 6.03 Å². The van der Waals surface area contributed by atoms with E-state index in [1.165, 1.54) is 17.8 Å². The predicted octanol–water partition coefficient (Wildman–Crippen LogP) is 3.62. The fourth-order valence-electron chi connectivity index (χ4n) is 4.43. The van der Waals surface area contributed by atoms with Crippen molar-refractivity contribution in [1.29, 1.82) is 0 Å². The number of nitrogens with one attached hydrogen (secondary N) is 2. The van der Waals surface area contributed by atoms with E-state index in [-0.39, 0.29) is 17.9 Å². The summed E-state index contributed by atoms with van der Waals surface area (Å²) in [4.78, 5) is 17.1. The van der Waals surface area contributed by atoms with Crippen LogP contribution >= 0.6 is 0 Å². The molecule has 4 rings (SSSR count). The number of carbonyl (C=O) groups is 1. The lowest BCUT2D eigenvalue weighted by Crippen LogP contribution is -2.48. The normalized spacial score (nSPS) is 20.3. The van der Waals surface area contributed by atoms with E-state index in [9.17, 15) is 9.18 Å². The third kappa shape index (κ3) is 5.72. The van der Waals surface area contributed by atoms with Crippen LogP contribution in [0.1, 0.15) is 24.8 Å². The number of amides is 2. The number of anilines is 1. The Balaban J connectivity index is 1.13. The number of rotatable bonds is 6. The quantitative estimate of drug-likeness (QED) is 0.765. The smallest absolute Gasteiger partial charge is 0.315 e. The van der Waals surface area contributed by atoms with Crippen molar-refractivity contribution in [2.45, 2.75) is 31.8 Å². The molecule has 1 atom stereocenters. The first kappa shape index (κ1) is 20.7. The number of hydrogen-bond acceptors (Lipinski definition) is 3. The van der Waals surface area contributed by atoms with Gasteiger partial charge in [0.25, 0.3) is 0 Å². The number of hydrogen-bond donors (Lipinski definition) is 2. The van der Waals surface area contributed by atoms with Gasteiger partial charge in [-0.1, -0.05) is 30.3 Å². The van der Waals surface area contributed by atoms with Crippen molar-refractivity contribution in [2.24, 2.45) is 5.92 Å². The van der Waals surface area contributed by atoms with Crippen LogP contribution in [0.4, 0.5) is 14.9 Å². The van der Waals surface area contributed by atoms with Crippen LogP contribution in [0.5, 0.6) is 0 Å². The first-order valence-electron chi connectivity index (χ1n) is 11.0. The third-order valence-electron chi connectivity index (χ3n) is 6.20. The van der Waals surface area contributed by atoms with E-state index in [1.807, 2.05) is 18.2 Å². The van der Waals surface area contributed by atoms with Crippen molar-refractivity contribution < 1.29 is 9.18 Å². The molecule has 2 amide bonds. The average molecular weight is 411 g/mol. The van der Waals surface area contributed by atoms with Crippen molar-refractivity contribution in [1.82, 2.24) is 15.5 Å². The van der Waals surface area contributed by atoms with E-state index in [1.54, 1.807) is 0 Å². The lowest BCUT2D eigenvalue weighted by molar-refractivity contribution is 0.186. The van der Waals surface area contributed by atoms with E-state index < -0.39 is 0 Å². The number of likely N-dealkylation sites (tertiary alicyclic amines) is 1. The van der Waals surface area contributed by atoms with Crippen molar-refractivity contribution in [2.75, 3.05) is 37.6 Å². The number of piperidine rings is 1. The zero-order chi connectivity index (χ0) is 20.8. The highest BCUT2D eigenvalue weighted by Crippen LogP contribution is 2.23. The fraction of sp³-hybridized carbons (Fsp3) is 0.458. The second-order valence-electron chi connectivity index (χ2n) is 8.47. The molecule has 30 heavy (non-hydrogen) atoms. The molecule has 0 radical (unpaired) electrons. The van der Waals surface area contributed by atoms with Crippen LogP contribution < -0.4 is 15.5 Å². The van der Waals surface area contributed by atoms with Crippen LogP contribution in [0.2, 0.25) is 0 Å². The van der Waals surface area contributed by atoms with Crippen molar-refractivity contribution in [3.8, 4) is 0 Å². The van der Waals surface area contributed by atoms with Crippen molar-refractivity contribution in [3.63, 3.8) is 0 Å². The summed E-state index contributed by atoms with van der Waals surface area (Å²) < 4.78 is 13.0. The van der Waals surface area contributed by atoms with Crippen LogP contribution in [0, 0.1) is 11.7 Å². The minimum Gasteiger partial charge on any atom is -0.371 e. The molecule has 0 aliphatic carbocycles. The van der Waals surface area contributed by atoms with Crippen molar-refractivity contribution >= 4 is 11.7 Å². The van der Waals surface area contributed by atoms with E-state index in [2.05, 4.69) is 44.7 Å². The van der Waals surface area contributed by atoms with E-state index in [4.69, 9.17) is 0 Å². The predicted molar refractivity (Wildman–Crippen MR) is 118 cm³/mol. The molecule has 0 unspecified atom stereocenters. The van der Waals surface area contributed by atoms with Crippen LogP contribution in [0.3, 0.4) is 0 Å². The number of carbonyl (C=O) groups excluding carboxylic acids is 1. The fourth-order valence-corrected chi connectivity index (χ4v) is 4.43. The van der Waals surface area contributed by atoms with Gasteiger partial charge < -0.3 is 15.5 Å².